The van der Waals surface area contributed by atoms with Crippen molar-refractivity contribution in [2.45, 2.75) is 46.6 Å². The molecule has 1 rings (SSSR count). The van der Waals surface area contributed by atoms with Crippen molar-refractivity contribution in [3.8, 4) is 0 Å². The van der Waals surface area contributed by atoms with E-state index in [2.05, 4.69) is 52.1 Å². The molecule has 0 atom stereocenters. The molecule has 0 bridgehead atoms. The molecule has 0 spiro atoms. The molecule has 74 valence electrons. The maximum absolute atomic E-state index is 3.51. The van der Waals surface area contributed by atoms with Crippen LogP contribution in [0.5, 0.6) is 0 Å². The Morgan fingerprint density at radius 3 is 2.46 bits per heavy atom. The first-order valence-corrected chi connectivity index (χ1v) is 5.06. The van der Waals surface area contributed by atoms with E-state index >= 15 is 0 Å². The molecule has 0 saturated carbocycles. The van der Waals surface area contributed by atoms with Gasteiger partial charge in [-0.05, 0) is 39.2 Å². The average Bonchev–Trinajstić information content (AvgIpc) is 2.07. The third-order valence-electron chi connectivity index (χ3n) is 2.47. The standard InChI is InChI=1S/C12H21N/c1-9(2)11-7-6-10(3)13-12(4,5)8-11/h6-7,9,13H,8H2,1-5H3. The number of hydrogen-bond acceptors (Lipinski definition) is 1. The molecule has 0 aliphatic carbocycles. The summed E-state index contributed by atoms with van der Waals surface area (Å²) in [5.74, 6) is 0.656. The Bertz CT molecular complexity index is 244. The summed E-state index contributed by atoms with van der Waals surface area (Å²) in [5, 5.41) is 3.51. The summed E-state index contributed by atoms with van der Waals surface area (Å²) in [7, 11) is 0. The molecule has 1 aliphatic rings. The van der Waals surface area contributed by atoms with Crippen molar-refractivity contribution in [2.75, 3.05) is 0 Å². The van der Waals surface area contributed by atoms with Crippen molar-refractivity contribution in [3.63, 3.8) is 0 Å². The van der Waals surface area contributed by atoms with Crippen LogP contribution in [-0.4, -0.2) is 5.54 Å². The van der Waals surface area contributed by atoms with Crippen LogP contribution >= 0.6 is 0 Å². The van der Waals surface area contributed by atoms with Gasteiger partial charge in [0.15, 0.2) is 0 Å². The number of hydrogen-bond donors (Lipinski definition) is 1. The van der Waals surface area contributed by atoms with E-state index in [0.717, 1.165) is 6.42 Å². The third-order valence-corrected chi connectivity index (χ3v) is 2.47. The zero-order chi connectivity index (χ0) is 10.1. The van der Waals surface area contributed by atoms with Gasteiger partial charge in [-0.1, -0.05) is 25.5 Å². The molecule has 13 heavy (non-hydrogen) atoms. The highest BCUT2D eigenvalue weighted by Gasteiger charge is 2.21. The van der Waals surface area contributed by atoms with E-state index in [1.54, 1.807) is 0 Å². The molecular weight excluding hydrogens is 158 g/mol. The molecule has 0 fully saturated rings. The SMILES string of the molecule is CC1=CC=C(C(C)C)CC(C)(C)N1. The van der Waals surface area contributed by atoms with Crippen LogP contribution in [0.2, 0.25) is 0 Å². The second-order valence-corrected chi connectivity index (χ2v) is 4.93. The van der Waals surface area contributed by atoms with Crippen LogP contribution in [0.4, 0.5) is 0 Å². The first-order chi connectivity index (χ1) is 5.91. The minimum Gasteiger partial charge on any atom is -0.383 e. The molecular formula is C12H21N. The number of allylic oxidation sites excluding steroid dienone is 3. The predicted molar refractivity (Wildman–Crippen MR) is 58.5 cm³/mol. The summed E-state index contributed by atoms with van der Waals surface area (Å²) < 4.78 is 0. The van der Waals surface area contributed by atoms with Crippen LogP contribution in [-0.2, 0) is 0 Å². The molecule has 1 N–H and O–H groups in total. The lowest BCUT2D eigenvalue weighted by molar-refractivity contribution is 0.415. The minimum absolute atomic E-state index is 0.202. The molecule has 1 heteroatoms. The Labute approximate surface area is 81.9 Å². The maximum atomic E-state index is 3.51. The molecule has 1 aliphatic heterocycles. The molecule has 0 aromatic heterocycles. The van der Waals surface area contributed by atoms with Crippen molar-refractivity contribution in [1.82, 2.24) is 5.32 Å². The summed E-state index contributed by atoms with van der Waals surface area (Å²) in [6.45, 7) is 11.2. The molecule has 1 heterocycles. The maximum Gasteiger partial charge on any atom is 0.0351 e. The van der Waals surface area contributed by atoms with Crippen LogP contribution in [0.25, 0.3) is 0 Å². The Hall–Kier alpha value is -0.720. The van der Waals surface area contributed by atoms with Crippen LogP contribution < -0.4 is 5.32 Å². The highest BCUT2D eigenvalue weighted by Crippen LogP contribution is 2.25. The highest BCUT2D eigenvalue weighted by atomic mass is 15.0. The number of rotatable bonds is 1. The summed E-state index contributed by atoms with van der Waals surface area (Å²) in [5.41, 5.74) is 3.00. The Kier molecular flexibility index (Phi) is 2.84. The van der Waals surface area contributed by atoms with Gasteiger partial charge in [-0.15, -0.1) is 0 Å². The monoisotopic (exact) mass is 179 g/mol. The highest BCUT2D eigenvalue weighted by molar-refractivity contribution is 5.23. The van der Waals surface area contributed by atoms with Crippen molar-refractivity contribution in [2.24, 2.45) is 5.92 Å². The molecule has 0 aromatic carbocycles. The van der Waals surface area contributed by atoms with E-state index < -0.39 is 0 Å². The van der Waals surface area contributed by atoms with E-state index in [1.807, 2.05) is 0 Å². The van der Waals surface area contributed by atoms with Gasteiger partial charge >= 0.3 is 0 Å². The average molecular weight is 179 g/mol. The fourth-order valence-electron chi connectivity index (χ4n) is 1.82. The summed E-state index contributed by atoms with van der Waals surface area (Å²) in [6, 6.07) is 0. The van der Waals surface area contributed by atoms with Gasteiger partial charge in [0.05, 0.1) is 0 Å². The van der Waals surface area contributed by atoms with E-state index in [0.29, 0.717) is 5.92 Å². The van der Waals surface area contributed by atoms with E-state index in [-0.39, 0.29) is 5.54 Å². The molecule has 0 unspecified atom stereocenters. The lowest BCUT2D eigenvalue weighted by Gasteiger charge is -2.28. The summed E-state index contributed by atoms with van der Waals surface area (Å²) in [6.07, 6.45) is 5.59. The molecule has 0 aromatic rings. The van der Waals surface area contributed by atoms with Crippen molar-refractivity contribution in [3.05, 3.63) is 23.4 Å². The van der Waals surface area contributed by atoms with Crippen LogP contribution in [0.15, 0.2) is 23.4 Å². The Morgan fingerprint density at radius 2 is 1.92 bits per heavy atom. The molecule has 1 nitrogen and oxygen atoms in total. The van der Waals surface area contributed by atoms with Crippen molar-refractivity contribution in [1.29, 1.82) is 0 Å². The van der Waals surface area contributed by atoms with Crippen LogP contribution in [0, 0.1) is 5.92 Å². The zero-order valence-corrected chi connectivity index (χ0v) is 9.44. The molecule has 0 saturated heterocycles. The van der Waals surface area contributed by atoms with E-state index in [1.165, 1.54) is 11.3 Å². The Balaban J connectivity index is 2.88. The van der Waals surface area contributed by atoms with Gasteiger partial charge in [0.2, 0.25) is 0 Å². The predicted octanol–water partition coefficient (Wildman–Crippen LogP) is 3.24. The van der Waals surface area contributed by atoms with E-state index in [4.69, 9.17) is 0 Å². The van der Waals surface area contributed by atoms with Crippen molar-refractivity contribution < 1.29 is 0 Å². The summed E-state index contributed by atoms with van der Waals surface area (Å²) in [4.78, 5) is 0. The minimum atomic E-state index is 0.202. The van der Waals surface area contributed by atoms with E-state index in [9.17, 15) is 0 Å². The Morgan fingerprint density at radius 1 is 1.31 bits per heavy atom. The molecule has 0 amide bonds. The van der Waals surface area contributed by atoms with Gasteiger partial charge in [0.25, 0.3) is 0 Å². The second-order valence-electron chi connectivity index (χ2n) is 4.93. The lowest BCUT2D eigenvalue weighted by Crippen LogP contribution is -2.37. The van der Waals surface area contributed by atoms with Gasteiger partial charge in [-0.2, -0.15) is 0 Å². The summed E-state index contributed by atoms with van der Waals surface area (Å²) >= 11 is 0. The number of nitrogens with one attached hydrogen (secondary N) is 1. The quantitative estimate of drug-likeness (QED) is 0.651. The first kappa shape index (κ1) is 10.4. The second kappa shape index (κ2) is 3.57. The largest absolute Gasteiger partial charge is 0.383 e. The fourth-order valence-corrected chi connectivity index (χ4v) is 1.82. The van der Waals surface area contributed by atoms with Gasteiger partial charge in [-0.25, -0.2) is 0 Å². The van der Waals surface area contributed by atoms with Gasteiger partial charge in [0, 0.05) is 11.2 Å². The van der Waals surface area contributed by atoms with Crippen LogP contribution in [0.3, 0.4) is 0 Å². The van der Waals surface area contributed by atoms with Crippen molar-refractivity contribution >= 4 is 0 Å². The normalized spacial score (nSPS) is 21.7. The van der Waals surface area contributed by atoms with Gasteiger partial charge < -0.3 is 5.32 Å². The van der Waals surface area contributed by atoms with Gasteiger partial charge in [-0.3, -0.25) is 0 Å². The fraction of sp³-hybridized carbons (Fsp3) is 0.667. The third kappa shape index (κ3) is 2.91. The zero-order valence-electron chi connectivity index (χ0n) is 9.44. The lowest BCUT2D eigenvalue weighted by atomic mass is 9.89. The topological polar surface area (TPSA) is 12.0 Å². The smallest absolute Gasteiger partial charge is 0.0351 e. The molecule has 0 radical (unpaired) electrons. The van der Waals surface area contributed by atoms with Crippen LogP contribution in [0.1, 0.15) is 41.0 Å². The first-order valence-electron chi connectivity index (χ1n) is 5.06. The van der Waals surface area contributed by atoms with Gasteiger partial charge in [0.1, 0.15) is 0 Å².